The quantitative estimate of drug-likeness (QED) is 0.445. The molecule has 0 saturated carbocycles. The molecule has 1 aromatic heterocycles. The normalized spacial score (nSPS) is 9.73. The fourth-order valence-corrected chi connectivity index (χ4v) is 1.28. The Morgan fingerprint density at radius 3 is 2.87 bits per heavy atom. The predicted octanol–water partition coefficient (Wildman–Crippen LogP) is 1.36. The van der Waals surface area contributed by atoms with Crippen LogP contribution in [0, 0.1) is 10.1 Å². The Morgan fingerprint density at radius 2 is 2.33 bits per heavy atom. The molecule has 0 aromatic carbocycles. The predicted molar refractivity (Wildman–Crippen MR) is 51.6 cm³/mol. The summed E-state index contributed by atoms with van der Waals surface area (Å²) in [6.07, 6.45) is 2.15. The third-order valence-corrected chi connectivity index (χ3v) is 1.97. The summed E-state index contributed by atoms with van der Waals surface area (Å²) >= 11 is 5.59. The highest BCUT2D eigenvalue weighted by Crippen LogP contribution is 2.27. The molecule has 6 nitrogen and oxygen atoms in total. The molecule has 0 radical (unpaired) electrons. The highest BCUT2D eigenvalue weighted by atomic mass is 35.5. The van der Waals surface area contributed by atoms with Gasteiger partial charge in [-0.1, -0.05) is 11.6 Å². The van der Waals surface area contributed by atoms with Crippen molar-refractivity contribution in [2.24, 2.45) is 0 Å². The lowest BCUT2D eigenvalue weighted by Gasteiger charge is -2.02. The maximum absolute atomic E-state index is 11.0. The van der Waals surface area contributed by atoms with E-state index in [9.17, 15) is 14.9 Å². The van der Waals surface area contributed by atoms with Crippen LogP contribution < -0.4 is 0 Å². The Hall–Kier alpha value is -1.69. The van der Waals surface area contributed by atoms with E-state index in [-0.39, 0.29) is 22.7 Å². The molecular formula is C8H7ClN2O4. The van der Waals surface area contributed by atoms with Gasteiger partial charge in [0.15, 0.2) is 0 Å². The van der Waals surface area contributed by atoms with Crippen molar-refractivity contribution in [2.75, 3.05) is 7.11 Å². The summed E-state index contributed by atoms with van der Waals surface area (Å²) < 4.78 is 4.40. The molecule has 0 bridgehead atoms. The van der Waals surface area contributed by atoms with E-state index in [2.05, 4.69) is 9.72 Å². The summed E-state index contributed by atoms with van der Waals surface area (Å²) in [6, 6.07) is 0. The Labute approximate surface area is 90.0 Å². The second kappa shape index (κ2) is 4.70. The van der Waals surface area contributed by atoms with Crippen molar-refractivity contribution in [3.8, 4) is 0 Å². The van der Waals surface area contributed by atoms with Crippen LogP contribution in [0.25, 0.3) is 0 Å². The second-order valence-corrected chi connectivity index (χ2v) is 3.05. The van der Waals surface area contributed by atoms with Crippen LogP contribution in [0.5, 0.6) is 0 Å². The van der Waals surface area contributed by atoms with Gasteiger partial charge in [-0.2, -0.15) is 0 Å². The number of halogens is 1. The van der Waals surface area contributed by atoms with E-state index in [1.807, 2.05) is 0 Å². The number of nitrogens with zero attached hydrogens (tertiary/aromatic N) is 2. The molecule has 0 unspecified atom stereocenters. The average molecular weight is 231 g/mol. The topological polar surface area (TPSA) is 82.3 Å². The minimum absolute atomic E-state index is 0.0959. The first-order valence-electron chi connectivity index (χ1n) is 3.90. The summed E-state index contributed by atoms with van der Waals surface area (Å²) in [5.74, 6) is -0.581. The zero-order valence-corrected chi connectivity index (χ0v) is 8.52. The van der Waals surface area contributed by atoms with Gasteiger partial charge in [0.05, 0.1) is 30.2 Å². The fourth-order valence-electron chi connectivity index (χ4n) is 1.03. The summed E-state index contributed by atoms with van der Waals surface area (Å²) in [5, 5.41) is 10.6. The molecule has 0 aliphatic carbocycles. The Morgan fingerprint density at radius 1 is 1.67 bits per heavy atom. The molecule has 0 fully saturated rings. The van der Waals surface area contributed by atoms with Crippen molar-refractivity contribution in [3.05, 3.63) is 33.1 Å². The Kier molecular flexibility index (Phi) is 3.56. The molecule has 1 aromatic rings. The highest BCUT2D eigenvalue weighted by molar-refractivity contribution is 6.32. The van der Waals surface area contributed by atoms with E-state index >= 15 is 0 Å². The largest absolute Gasteiger partial charge is 0.469 e. The average Bonchev–Trinajstić information content (AvgIpc) is 2.17. The van der Waals surface area contributed by atoms with Gasteiger partial charge in [-0.3, -0.25) is 19.9 Å². The molecule has 15 heavy (non-hydrogen) atoms. The number of carbonyl (C=O) groups excluding carboxylic acids is 1. The number of carbonyl (C=O) groups is 1. The lowest BCUT2D eigenvalue weighted by molar-refractivity contribution is -0.385. The molecule has 80 valence electrons. The van der Waals surface area contributed by atoms with Crippen LogP contribution in [0.1, 0.15) is 5.56 Å². The maximum atomic E-state index is 11.0. The van der Waals surface area contributed by atoms with E-state index in [1.165, 1.54) is 13.3 Å². The molecule has 0 aliphatic heterocycles. The van der Waals surface area contributed by atoms with Crippen molar-refractivity contribution in [1.29, 1.82) is 0 Å². The Balaban J connectivity index is 3.11. The molecule has 0 spiro atoms. The number of hydrogen-bond donors (Lipinski definition) is 0. The van der Waals surface area contributed by atoms with Gasteiger partial charge in [0, 0.05) is 6.20 Å². The van der Waals surface area contributed by atoms with Crippen molar-refractivity contribution in [2.45, 2.75) is 6.42 Å². The van der Waals surface area contributed by atoms with E-state index in [0.29, 0.717) is 0 Å². The van der Waals surface area contributed by atoms with Gasteiger partial charge in [0.1, 0.15) is 5.02 Å². The van der Waals surface area contributed by atoms with Gasteiger partial charge in [-0.15, -0.1) is 0 Å². The number of ether oxygens (including phenoxy) is 1. The van der Waals surface area contributed by atoms with Crippen molar-refractivity contribution in [3.63, 3.8) is 0 Å². The molecule has 0 saturated heterocycles. The van der Waals surface area contributed by atoms with Crippen LogP contribution in [0.2, 0.25) is 5.02 Å². The molecule has 1 rings (SSSR count). The molecule has 0 amide bonds. The van der Waals surface area contributed by atoms with E-state index in [1.54, 1.807) is 0 Å². The van der Waals surface area contributed by atoms with Gasteiger partial charge in [0.2, 0.25) is 0 Å². The molecule has 0 aliphatic rings. The van der Waals surface area contributed by atoms with Crippen LogP contribution in [0.3, 0.4) is 0 Å². The highest BCUT2D eigenvalue weighted by Gasteiger charge is 2.21. The molecule has 0 N–H and O–H groups in total. The Bertz CT molecular complexity index is 408. The zero-order chi connectivity index (χ0) is 11.4. The minimum atomic E-state index is -0.651. The minimum Gasteiger partial charge on any atom is -0.469 e. The lowest BCUT2D eigenvalue weighted by atomic mass is 10.2. The summed E-state index contributed by atoms with van der Waals surface area (Å²) in [7, 11) is 1.20. The molecular weight excluding hydrogens is 224 g/mol. The summed E-state index contributed by atoms with van der Waals surface area (Å²) in [5.41, 5.74) is -0.170. The van der Waals surface area contributed by atoms with Crippen molar-refractivity contribution < 1.29 is 14.5 Å². The first kappa shape index (κ1) is 11.4. The van der Waals surface area contributed by atoms with E-state index in [0.717, 1.165) is 6.20 Å². The second-order valence-electron chi connectivity index (χ2n) is 2.64. The zero-order valence-electron chi connectivity index (χ0n) is 7.77. The SMILES string of the molecule is COC(=O)Cc1cncc(Cl)c1[N+](=O)[O-]. The van der Waals surface area contributed by atoms with Crippen LogP contribution in [-0.2, 0) is 16.0 Å². The summed E-state index contributed by atoms with van der Waals surface area (Å²) in [4.78, 5) is 24.6. The van der Waals surface area contributed by atoms with Gasteiger partial charge in [0.25, 0.3) is 5.69 Å². The number of esters is 1. The van der Waals surface area contributed by atoms with Crippen LogP contribution in [0.15, 0.2) is 12.4 Å². The number of aromatic nitrogens is 1. The van der Waals surface area contributed by atoms with Gasteiger partial charge >= 0.3 is 5.97 Å². The third kappa shape index (κ3) is 2.63. The fraction of sp³-hybridized carbons (Fsp3) is 0.250. The number of nitro groups is 1. The van der Waals surface area contributed by atoms with Crippen molar-refractivity contribution in [1.82, 2.24) is 4.98 Å². The number of rotatable bonds is 3. The number of hydrogen-bond acceptors (Lipinski definition) is 5. The standard InChI is InChI=1S/C8H7ClN2O4/c1-15-7(12)2-5-3-10-4-6(9)8(5)11(13)14/h3-4H,2H2,1H3. The first-order chi connectivity index (χ1) is 7.06. The molecule has 0 atom stereocenters. The van der Waals surface area contributed by atoms with Gasteiger partial charge in [-0.25, -0.2) is 0 Å². The van der Waals surface area contributed by atoms with Crippen LogP contribution in [0.4, 0.5) is 5.69 Å². The monoisotopic (exact) mass is 230 g/mol. The summed E-state index contributed by atoms with van der Waals surface area (Å²) in [6.45, 7) is 0. The molecule has 1 heterocycles. The molecule has 7 heteroatoms. The van der Waals surface area contributed by atoms with Crippen LogP contribution >= 0.6 is 11.6 Å². The van der Waals surface area contributed by atoms with E-state index in [4.69, 9.17) is 11.6 Å². The van der Waals surface area contributed by atoms with Gasteiger partial charge < -0.3 is 4.74 Å². The van der Waals surface area contributed by atoms with Crippen molar-refractivity contribution >= 4 is 23.3 Å². The maximum Gasteiger partial charge on any atom is 0.310 e. The number of methoxy groups -OCH3 is 1. The third-order valence-electron chi connectivity index (χ3n) is 1.69. The lowest BCUT2D eigenvalue weighted by Crippen LogP contribution is -2.07. The van der Waals surface area contributed by atoms with Crippen LogP contribution in [-0.4, -0.2) is 23.0 Å². The number of pyridine rings is 1. The van der Waals surface area contributed by atoms with E-state index < -0.39 is 10.9 Å². The van der Waals surface area contributed by atoms with Gasteiger partial charge in [-0.05, 0) is 0 Å². The first-order valence-corrected chi connectivity index (χ1v) is 4.27. The smallest absolute Gasteiger partial charge is 0.310 e.